The zero-order chi connectivity index (χ0) is 41.9. The largest absolute Gasteiger partial charge is 0.488 e. The normalized spacial score (nSPS) is 39.9. The molecule has 0 aromatic heterocycles. The van der Waals surface area contributed by atoms with Gasteiger partial charge in [-0.15, -0.1) is 0 Å². The van der Waals surface area contributed by atoms with Gasteiger partial charge >= 0.3 is 0 Å². The van der Waals surface area contributed by atoms with Crippen LogP contribution < -0.4 is 10.1 Å². The van der Waals surface area contributed by atoms with Crippen LogP contribution in [0.5, 0.6) is 5.75 Å². The molecule has 0 saturated carbocycles. The molecule has 1 aromatic rings. The molecule has 2 unspecified atom stereocenters. The van der Waals surface area contributed by atoms with Crippen LogP contribution >= 0.6 is 0 Å². The van der Waals surface area contributed by atoms with Crippen molar-refractivity contribution in [2.45, 2.75) is 173 Å². The van der Waals surface area contributed by atoms with Crippen LogP contribution in [0.3, 0.4) is 0 Å². The summed E-state index contributed by atoms with van der Waals surface area (Å²) in [4.78, 5) is 32.5. The molecule has 56 heavy (non-hydrogen) atoms. The second-order valence-corrected chi connectivity index (χ2v) is 19.2. The Morgan fingerprint density at radius 3 is 2.23 bits per heavy atom. The Morgan fingerprint density at radius 2 is 1.64 bits per heavy atom. The fourth-order valence-corrected chi connectivity index (χ4v) is 9.58. The Bertz CT molecular complexity index is 1430. The summed E-state index contributed by atoms with van der Waals surface area (Å²) in [5.74, 6) is -1.23. The van der Waals surface area contributed by atoms with Gasteiger partial charge in [-0.2, -0.15) is 0 Å². The summed E-state index contributed by atoms with van der Waals surface area (Å²) in [6, 6.07) is 7.55. The number of carbonyl (C=O) groups excluding carboxylic acids is 2. The van der Waals surface area contributed by atoms with Gasteiger partial charge in [-0.05, 0) is 111 Å². The molecular weight excluding hydrogens is 714 g/mol. The number of hydrogen-bond acceptors (Lipinski definition) is 10. The van der Waals surface area contributed by atoms with Gasteiger partial charge in [0, 0.05) is 63.9 Å². The lowest BCUT2D eigenvalue weighted by Gasteiger charge is -2.51. The Morgan fingerprint density at radius 1 is 1.00 bits per heavy atom. The highest BCUT2D eigenvalue weighted by atomic mass is 16.7. The van der Waals surface area contributed by atoms with Crippen molar-refractivity contribution in [1.82, 2.24) is 15.1 Å². The molecule has 4 rings (SSSR count). The molecule has 320 valence electrons. The number of nitrogens with one attached hydrogen (secondary N) is 1. The van der Waals surface area contributed by atoms with E-state index in [0.717, 1.165) is 17.7 Å². The number of methoxy groups -OCH3 is 1. The summed E-state index contributed by atoms with van der Waals surface area (Å²) in [6.07, 6.45) is -0.716. The Hall–Kier alpha value is -2.32. The third-order valence-corrected chi connectivity index (χ3v) is 12.5. The lowest BCUT2D eigenvalue weighted by molar-refractivity contribution is -0.274. The van der Waals surface area contributed by atoms with Crippen molar-refractivity contribution in [3.05, 3.63) is 29.8 Å². The first kappa shape index (κ1) is 46.4. The molecular formula is C44H75N3O9. The van der Waals surface area contributed by atoms with Gasteiger partial charge < -0.3 is 49.0 Å². The molecule has 3 heterocycles. The topological polar surface area (TPSA) is 139 Å². The monoisotopic (exact) mass is 790 g/mol. The molecule has 0 bridgehead atoms. The summed E-state index contributed by atoms with van der Waals surface area (Å²) in [5, 5.41) is 27.1. The van der Waals surface area contributed by atoms with Gasteiger partial charge in [0.05, 0.1) is 35.6 Å². The van der Waals surface area contributed by atoms with Gasteiger partial charge in [-0.3, -0.25) is 9.59 Å². The third-order valence-electron chi connectivity index (χ3n) is 12.5. The molecule has 3 aliphatic heterocycles. The van der Waals surface area contributed by atoms with Crippen molar-refractivity contribution in [3.63, 3.8) is 0 Å². The molecule has 3 saturated heterocycles. The number of aliphatic hydroxyl groups is 2. The average Bonchev–Trinajstić information content (AvgIpc) is 3.08. The number of benzene rings is 1. The predicted octanol–water partition coefficient (Wildman–Crippen LogP) is 5.20. The van der Waals surface area contributed by atoms with E-state index in [0.29, 0.717) is 32.2 Å². The highest BCUT2D eigenvalue weighted by Crippen LogP contribution is 2.44. The van der Waals surface area contributed by atoms with E-state index >= 15 is 0 Å². The SMILES string of the molecule is CO[C@]1(C)C[C@H](C2[C@@H](C)C(=O)NC(Cc3ccc(OC(C)(C)C)cc3)CC(=O)N(C)C[C@H](C)C[C@@](C)(O)[C@H](O[C@H]3C[C@@H](N(C)C)C[C@@H](C)O3)[C@H]2C)O[C@@H](C)[C@@H]1O. The number of carbonyl (C=O) groups is 2. The molecule has 14 atom stereocenters. The van der Waals surface area contributed by atoms with Crippen LogP contribution in [0.15, 0.2) is 24.3 Å². The fourth-order valence-electron chi connectivity index (χ4n) is 9.58. The maximum absolute atomic E-state index is 14.7. The molecule has 12 heteroatoms. The molecule has 0 radical (unpaired) electrons. The number of aliphatic hydroxyl groups excluding tert-OH is 1. The van der Waals surface area contributed by atoms with E-state index in [-0.39, 0.29) is 41.9 Å². The van der Waals surface area contributed by atoms with Crippen molar-refractivity contribution in [1.29, 1.82) is 0 Å². The second kappa shape index (κ2) is 18.7. The number of ether oxygens (including phenoxy) is 5. The Kier molecular flexibility index (Phi) is 15.5. The minimum atomic E-state index is -1.38. The molecule has 3 fully saturated rings. The van der Waals surface area contributed by atoms with Gasteiger partial charge in [-0.1, -0.05) is 32.9 Å². The van der Waals surface area contributed by atoms with Gasteiger partial charge in [-0.25, -0.2) is 0 Å². The first-order valence-electron chi connectivity index (χ1n) is 20.8. The van der Waals surface area contributed by atoms with Gasteiger partial charge in [0.15, 0.2) is 6.29 Å². The highest BCUT2D eigenvalue weighted by Gasteiger charge is 2.53. The zero-order valence-electron chi connectivity index (χ0n) is 36.8. The molecule has 0 spiro atoms. The number of hydrogen-bond donors (Lipinski definition) is 3. The minimum Gasteiger partial charge on any atom is -0.488 e. The van der Waals surface area contributed by atoms with Crippen molar-refractivity contribution < 1.29 is 43.5 Å². The average molecular weight is 790 g/mol. The molecule has 1 aromatic carbocycles. The first-order valence-corrected chi connectivity index (χ1v) is 20.8. The maximum Gasteiger partial charge on any atom is 0.224 e. The lowest BCUT2D eigenvalue weighted by atomic mass is 9.68. The second-order valence-electron chi connectivity index (χ2n) is 19.2. The van der Waals surface area contributed by atoms with E-state index < -0.39 is 65.7 Å². The maximum atomic E-state index is 14.7. The van der Waals surface area contributed by atoms with Crippen LogP contribution in [0.2, 0.25) is 0 Å². The standard InChI is InChI=1S/C44H75N3O9/c1-26-23-43(9,51)40(55-37-22-33(46(11)12)19-27(2)53-37)28(3)38(35-24-44(10,52-14)39(49)30(5)54-35)29(4)41(50)45-32(21-36(48)47(13)25-26)20-31-15-17-34(18-16-31)56-42(6,7)8/h15-18,26-30,32-33,35,37-40,49,51H,19-25H2,1-14H3,(H,45,50)/t26-,27-,28+,29-,30+,32?,33+,35-,37+,38?,39+,40-,43-,44-/m1/s1. The predicted molar refractivity (Wildman–Crippen MR) is 217 cm³/mol. The molecule has 12 nitrogen and oxygen atoms in total. The summed E-state index contributed by atoms with van der Waals surface area (Å²) in [5.41, 5.74) is -1.69. The van der Waals surface area contributed by atoms with Crippen LogP contribution in [-0.4, -0.2) is 132 Å². The summed E-state index contributed by atoms with van der Waals surface area (Å²) < 4.78 is 32.0. The number of rotatable bonds is 8. The van der Waals surface area contributed by atoms with Crippen LogP contribution in [0, 0.1) is 23.7 Å². The Balaban J connectivity index is 1.77. The third kappa shape index (κ3) is 11.9. The molecule has 3 aliphatic rings. The molecule has 2 amide bonds. The van der Waals surface area contributed by atoms with E-state index in [9.17, 15) is 19.8 Å². The fraction of sp³-hybridized carbons (Fsp3) is 0.818. The summed E-state index contributed by atoms with van der Waals surface area (Å²) in [7, 11) is 7.49. The Labute approximate surface area is 337 Å². The summed E-state index contributed by atoms with van der Waals surface area (Å²) >= 11 is 0. The number of amides is 2. The van der Waals surface area contributed by atoms with E-state index in [1.807, 2.05) is 86.6 Å². The van der Waals surface area contributed by atoms with E-state index in [1.54, 1.807) is 26.0 Å². The van der Waals surface area contributed by atoms with Gasteiger partial charge in [0.1, 0.15) is 17.5 Å². The van der Waals surface area contributed by atoms with E-state index in [2.05, 4.69) is 24.3 Å². The van der Waals surface area contributed by atoms with Crippen LogP contribution in [-0.2, 0) is 35.0 Å². The van der Waals surface area contributed by atoms with E-state index in [1.165, 1.54) is 0 Å². The van der Waals surface area contributed by atoms with E-state index in [4.69, 9.17) is 23.7 Å². The van der Waals surface area contributed by atoms with Crippen molar-refractivity contribution in [2.75, 3.05) is 34.8 Å². The van der Waals surface area contributed by atoms with Crippen molar-refractivity contribution >= 4 is 11.8 Å². The van der Waals surface area contributed by atoms with Crippen LogP contribution in [0.4, 0.5) is 0 Å². The quantitative estimate of drug-likeness (QED) is 0.322. The number of nitrogens with zero attached hydrogens (tertiary/aromatic N) is 2. The molecule has 3 N–H and O–H groups in total. The minimum absolute atomic E-state index is 0.0513. The zero-order valence-corrected chi connectivity index (χ0v) is 36.8. The van der Waals surface area contributed by atoms with Crippen LogP contribution in [0.25, 0.3) is 0 Å². The summed E-state index contributed by atoms with van der Waals surface area (Å²) in [6.45, 7) is 20.0. The van der Waals surface area contributed by atoms with Crippen LogP contribution in [0.1, 0.15) is 107 Å². The van der Waals surface area contributed by atoms with Gasteiger partial charge in [0.2, 0.25) is 11.8 Å². The highest BCUT2D eigenvalue weighted by molar-refractivity contribution is 5.81. The lowest BCUT2D eigenvalue weighted by Crippen LogP contribution is -2.61. The molecule has 0 aliphatic carbocycles. The smallest absolute Gasteiger partial charge is 0.224 e. The first-order chi connectivity index (χ1) is 25.9. The van der Waals surface area contributed by atoms with Gasteiger partial charge in [0.25, 0.3) is 0 Å². The van der Waals surface area contributed by atoms with Crippen molar-refractivity contribution in [2.24, 2.45) is 23.7 Å². The van der Waals surface area contributed by atoms with Crippen molar-refractivity contribution in [3.8, 4) is 5.75 Å².